The molecule has 0 atom stereocenters. The number of unbranched alkanes of at least 4 members (excludes halogenated alkanes) is 1. The van der Waals surface area contributed by atoms with Crippen molar-refractivity contribution in [1.29, 1.82) is 0 Å². The van der Waals surface area contributed by atoms with E-state index in [1.807, 2.05) is 67.7 Å². The summed E-state index contributed by atoms with van der Waals surface area (Å²) in [6, 6.07) is 21.5. The lowest BCUT2D eigenvalue weighted by atomic mass is 10.2. The van der Waals surface area contributed by atoms with Gasteiger partial charge >= 0.3 is 0 Å². The maximum atomic E-state index is 12.4. The monoisotopic (exact) mass is 389 g/mol. The van der Waals surface area contributed by atoms with Gasteiger partial charge in [-0.2, -0.15) is 0 Å². The van der Waals surface area contributed by atoms with Crippen LogP contribution in [-0.2, 0) is 6.61 Å². The first-order valence-electron chi connectivity index (χ1n) is 9.91. The van der Waals surface area contributed by atoms with E-state index >= 15 is 0 Å². The molecule has 0 saturated carbocycles. The van der Waals surface area contributed by atoms with Crippen LogP contribution in [0.1, 0.15) is 35.8 Å². The van der Waals surface area contributed by atoms with Crippen molar-refractivity contribution in [3.05, 3.63) is 84.2 Å². The van der Waals surface area contributed by atoms with Gasteiger partial charge in [-0.3, -0.25) is 4.79 Å². The molecule has 0 aliphatic carbocycles. The Bertz CT molecular complexity index is 894. The molecule has 1 amide bonds. The van der Waals surface area contributed by atoms with Crippen LogP contribution in [-0.4, -0.2) is 29.4 Å². The Morgan fingerprint density at radius 1 is 1.00 bits per heavy atom. The first-order chi connectivity index (χ1) is 14.2. The highest BCUT2D eigenvalue weighted by atomic mass is 16.5. The van der Waals surface area contributed by atoms with Crippen LogP contribution in [0.4, 0.5) is 11.4 Å². The average Bonchev–Trinajstić information content (AvgIpc) is 2.77. The number of benzene rings is 2. The standard InChI is InChI=1S/C24H27N3O2/c1-3-4-16-27(2)24(28)23-15-12-21(17-25-23)26-20-10-13-22(14-11-20)29-18-19-8-6-5-7-9-19/h5-15,17,26H,3-4,16,18H2,1-2H3. The molecular weight excluding hydrogens is 362 g/mol. The summed E-state index contributed by atoms with van der Waals surface area (Å²) in [5.74, 6) is 0.763. The molecule has 0 bridgehead atoms. The molecule has 5 nitrogen and oxygen atoms in total. The summed E-state index contributed by atoms with van der Waals surface area (Å²) < 4.78 is 5.81. The number of amides is 1. The molecule has 29 heavy (non-hydrogen) atoms. The van der Waals surface area contributed by atoms with E-state index in [-0.39, 0.29) is 5.91 Å². The quantitative estimate of drug-likeness (QED) is 0.541. The van der Waals surface area contributed by atoms with E-state index in [4.69, 9.17) is 4.74 Å². The number of rotatable bonds is 9. The van der Waals surface area contributed by atoms with E-state index in [2.05, 4.69) is 17.2 Å². The van der Waals surface area contributed by atoms with Crippen molar-refractivity contribution < 1.29 is 9.53 Å². The van der Waals surface area contributed by atoms with E-state index in [1.54, 1.807) is 17.2 Å². The summed E-state index contributed by atoms with van der Waals surface area (Å²) >= 11 is 0. The fourth-order valence-corrected chi connectivity index (χ4v) is 2.83. The van der Waals surface area contributed by atoms with Crippen LogP contribution in [0.3, 0.4) is 0 Å². The first kappa shape index (κ1) is 20.4. The van der Waals surface area contributed by atoms with Crippen molar-refractivity contribution >= 4 is 17.3 Å². The van der Waals surface area contributed by atoms with Crippen molar-refractivity contribution in [2.24, 2.45) is 0 Å². The number of carbonyl (C=O) groups is 1. The summed E-state index contributed by atoms with van der Waals surface area (Å²) in [4.78, 5) is 18.4. The first-order valence-corrected chi connectivity index (χ1v) is 9.91. The lowest BCUT2D eigenvalue weighted by Crippen LogP contribution is -2.28. The molecule has 0 spiro atoms. The van der Waals surface area contributed by atoms with Crippen molar-refractivity contribution in [2.45, 2.75) is 26.4 Å². The SMILES string of the molecule is CCCCN(C)C(=O)c1ccc(Nc2ccc(OCc3ccccc3)cc2)cn1. The molecule has 3 aromatic rings. The van der Waals surface area contributed by atoms with Crippen LogP contribution in [0.15, 0.2) is 72.9 Å². The molecule has 0 radical (unpaired) electrons. The van der Waals surface area contributed by atoms with E-state index in [0.717, 1.165) is 42.1 Å². The fourth-order valence-electron chi connectivity index (χ4n) is 2.83. The van der Waals surface area contributed by atoms with Crippen molar-refractivity contribution in [3.8, 4) is 5.75 Å². The molecule has 0 aliphatic rings. The highest BCUT2D eigenvalue weighted by Crippen LogP contribution is 2.20. The molecule has 2 aromatic carbocycles. The van der Waals surface area contributed by atoms with Gasteiger partial charge in [0, 0.05) is 19.3 Å². The summed E-state index contributed by atoms with van der Waals surface area (Å²) in [5, 5.41) is 3.29. The molecule has 5 heteroatoms. The normalized spacial score (nSPS) is 10.4. The third-order valence-electron chi connectivity index (χ3n) is 4.57. The van der Waals surface area contributed by atoms with Crippen LogP contribution in [0.25, 0.3) is 0 Å². The van der Waals surface area contributed by atoms with Gasteiger partial charge in [-0.05, 0) is 48.4 Å². The third kappa shape index (κ3) is 6.07. The van der Waals surface area contributed by atoms with Crippen LogP contribution in [0.2, 0.25) is 0 Å². The molecule has 3 rings (SSSR count). The second kappa shape index (κ2) is 10.3. The average molecular weight is 389 g/mol. The molecule has 1 aromatic heterocycles. The van der Waals surface area contributed by atoms with E-state index in [1.165, 1.54) is 0 Å². The van der Waals surface area contributed by atoms with Crippen LogP contribution in [0.5, 0.6) is 5.75 Å². The molecular formula is C24H27N3O2. The largest absolute Gasteiger partial charge is 0.489 e. The Hall–Kier alpha value is -3.34. The lowest BCUT2D eigenvalue weighted by Gasteiger charge is -2.16. The van der Waals surface area contributed by atoms with Crippen LogP contribution < -0.4 is 10.1 Å². The zero-order chi connectivity index (χ0) is 20.5. The zero-order valence-electron chi connectivity index (χ0n) is 17.0. The van der Waals surface area contributed by atoms with Crippen molar-refractivity contribution in [3.63, 3.8) is 0 Å². The minimum Gasteiger partial charge on any atom is -0.489 e. The lowest BCUT2D eigenvalue weighted by molar-refractivity contribution is 0.0787. The predicted octanol–water partition coefficient (Wildman–Crippen LogP) is 5.28. The number of nitrogens with one attached hydrogen (secondary N) is 1. The highest BCUT2D eigenvalue weighted by Gasteiger charge is 2.12. The second-order valence-electron chi connectivity index (χ2n) is 6.94. The fraction of sp³-hybridized carbons (Fsp3) is 0.250. The summed E-state index contributed by atoms with van der Waals surface area (Å²) in [6.07, 6.45) is 3.73. The van der Waals surface area contributed by atoms with Gasteiger partial charge in [0.05, 0.1) is 11.9 Å². The van der Waals surface area contributed by atoms with Gasteiger partial charge in [-0.1, -0.05) is 43.7 Å². The van der Waals surface area contributed by atoms with Gasteiger partial charge in [-0.15, -0.1) is 0 Å². The van der Waals surface area contributed by atoms with E-state index in [9.17, 15) is 4.79 Å². The van der Waals surface area contributed by atoms with Crippen LogP contribution >= 0.6 is 0 Å². The van der Waals surface area contributed by atoms with Crippen LogP contribution in [0, 0.1) is 0 Å². The number of nitrogens with zero attached hydrogens (tertiary/aromatic N) is 2. The molecule has 0 fully saturated rings. The van der Waals surface area contributed by atoms with Crippen molar-refractivity contribution in [1.82, 2.24) is 9.88 Å². The van der Waals surface area contributed by atoms with Crippen molar-refractivity contribution in [2.75, 3.05) is 18.9 Å². The number of anilines is 2. The number of hydrogen-bond acceptors (Lipinski definition) is 4. The molecule has 0 aliphatic heterocycles. The smallest absolute Gasteiger partial charge is 0.272 e. The van der Waals surface area contributed by atoms with Gasteiger partial charge in [0.25, 0.3) is 5.91 Å². The number of ether oxygens (including phenoxy) is 1. The number of pyridine rings is 1. The maximum Gasteiger partial charge on any atom is 0.272 e. The molecule has 0 saturated heterocycles. The van der Waals surface area contributed by atoms with Gasteiger partial charge in [0.15, 0.2) is 0 Å². The minimum absolute atomic E-state index is 0.0510. The molecule has 0 unspecified atom stereocenters. The number of carbonyl (C=O) groups excluding carboxylic acids is 1. The third-order valence-corrected chi connectivity index (χ3v) is 4.57. The van der Waals surface area contributed by atoms with Gasteiger partial charge in [-0.25, -0.2) is 4.98 Å². The number of hydrogen-bond donors (Lipinski definition) is 1. The molecule has 150 valence electrons. The predicted molar refractivity (Wildman–Crippen MR) is 117 cm³/mol. The zero-order valence-corrected chi connectivity index (χ0v) is 17.0. The second-order valence-corrected chi connectivity index (χ2v) is 6.94. The van der Waals surface area contributed by atoms with E-state index in [0.29, 0.717) is 12.3 Å². The molecule has 1 N–H and O–H groups in total. The summed E-state index contributed by atoms with van der Waals surface area (Å²) in [7, 11) is 1.81. The molecule has 1 heterocycles. The summed E-state index contributed by atoms with van der Waals surface area (Å²) in [5.41, 5.74) is 3.35. The van der Waals surface area contributed by atoms with Gasteiger partial charge < -0.3 is 15.0 Å². The Kier molecular flexibility index (Phi) is 7.22. The minimum atomic E-state index is -0.0510. The van der Waals surface area contributed by atoms with E-state index < -0.39 is 0 Å². The van der Waals surface area contributed by atoms with Gasteiger partial charge in [0.1, 0.15) is 18.1 Å². The Morgan fingerprint density at radius 2 is 1.72 bits per heavy atom. The topological polar surface area (TPSA) is 54.5 Å². The maximum absolute atomic E-state index is 12.4. The van der Waals surface area contributed by atoms with Gasteiger partial charge in [0.2, 0.25) is 0 Å². The Morgan fingerprint density at radius 3 is 2.38 bits per heavy atom. The Balaban J connectivity index is 1.54. The summed E-state index contributed by atoms with van der Waals surface area (Å²) in [6.45, 7) is 3.40. The highest BCUT2D eigenvalue weighted by molar-refractivity contribution is 5.92. The number of aromatic nitrogens is 1. The Labute approximate surface area is 172 Å².